The molecule has 1 aromatic carbocycles. The molecule has 23 heavy (non-hydrogen) atoms. The van der Waals surface area contributed by atoms with Gasteiger partial charge in [-0.25, -0.2) is 9.59 Å². The Kier molecular flexibility index (Phi) is 5.22. The van der Waals surface area contributed by atoms with E-state index in [4.69, 9.17) is 14.2 Å². The van der Waals surface area contributed by atoms with E-state index in [2.05, 4.69) is 0 Å². The molecule has 0 amide bonds. The molecule has 1 atom stereocenters. The lowest BCUT2D eigenvalue weighted by Gasteiger charge is -2.38. The average molecular weight is 341 g/mol. The molecule has 1 aliphatic heterocycles. The topological polar surface area (TPSA) is 105 Å². The molecule has 9 heteroatoms. The number of hydrogen-bond donors (Lipinski definition) is 0. The van der Waals surface area contributed by atoms with Crippen molar-refractivity contribution in [3.05, 3.63) is 39.9 Å². The maximum Gasteiger partial charge on any atom is 0.336 e. The molecule has 8 nitrogen and oxygen atoms in total. The predicted molar refractivity (Wildman–Crippen MR) is 81.0 cm³/mol. The number of benzene rings is 1. The Labute approximate surface area is 136 Å². The van der Waals surface area contributed by atoms with E-state index in [0.29, 0.717) is 17.9 Å². The second-order valence-electron chi connectivity index (χ2n) is 4.67. The number of carbonyl (C=O) groups is 2. The highest BCUT2D eigenvalue weighted by Crippen LogP contribution is 2.45. The van der Waals surface area contributed by atoms with Crippen molar-refractivity contribution in [2.24, 2.45) is 0 Å². The minimum Gasteiger partial charge on any atom is -0.467 e. The molecule has 1 aromatic rings. The number of rotatable bonds is 4. The standard InChI is InChI=1S/C14H15NO7S/c1-20-12(16)14(13(17)21-2)11(22-7-8-23-14)9-3-5-10(6-4-9)15(18)19/h3-6,11H,7-8H2,1-2H3. The van der Waals surface area contributed by atoms with Crippen LogP contribution in [0.3, 0.4) is 0 Å². The molecule has 1 unspecified atom stereocenters. The molecule has 1 saturated heterocycles. The van der Waals surface area contributed by atoms with Crippen molar-refractivity contribution in [2.45, 2.75) is 10.9 Å². The summed E-state index contributed by atoms with van der Waals surface area (Å²) in [6.07, 6.45) is -0.957. The number of esters is 2. The number of ether oxygens (including phenoxy) is 3. The molecule has 2 rings (SSSR count). The fraction of sp³-hybridized carbons (Fsp3) is 0.429. The van der Waals surface area contributed by atoms with Crippen LogP contribution in [0.4, 0.5) is 5.69 Å². The highest BCUT2D eigenvalue weighted by atomic mass is 32.2. The second kappa shape index (κ2) is 6.97. The molecule has 0 spiro atoms. The van der Waals surface area contributed by atoms with Crippen molar-refractivity contribution in [1.82, 2.24) is 0 Å². The number of nitro benzene ring substituents is 1. The maximum atomic E-state index is 12.3. The highest BCUT2D eigenvalue weighted by Gasteiger charge is 2.58. The zero-order chi connectivity index (χ0) is 17.0. The first-order valence-electron chi connectivity index (χ1n) is 6.64. The van der Waals surface area contributed by atoms with Crippen LogP contribution in [0.2, 0.25) is 0 Å². The Morgan fingerprint density at radius 1 is 1.26 bits per heavy atom. The van der Waals surface area contributed by atoms with Gasteiger partial charge in [0.15, 0.2) is 0 Å². The maximum absolute atomic E-state index is 12.3. The minimum absolute atomic E-state index is 0.0982. The Bertz CT molecular complexity index is 600. The van der Waals surface area contributed by atoms with Crippen LogP contribution in [0, 0.1) is 10.1 Å². The number of nitrogens with zero attached hydrogens (tertiary/aromatic N) is 1. The smallest absolute Gasteiger partial charge is 0.336 e. The Balaban J connectivity index is 2.48. The third-order valence-corrected chi connectivity index (χ3v) is 4.82. The van der Waals surface area contributed by atoms with Crippen LogP contribution in [-0.4, -0.2) is 48.2 Å². The van der Waals surface area contributed by atoms with Crippen LogP contribution < -0.4 is 0 Å². The lowest BCUT2D eigenvalue weighted by Crippen LogP contribution is -2.53. The molecule has 1 aliphatic rings. The summed E-state index contributed by atoms with van der Waals surface area (Å²) in [5.74, 6) is -1.15. The molecular formula is C14H15NO7S. The van der Waals surface area contributed by atoms with Crippen LogP contribution in [0.15, 0.2) is 24.3 Å². The molecule has 0 aliphatic carbocycles. The number of thioether (sulfide) groups is 1. The van der Waals surface area contributed by atoms with Gasteiger partial charge in [0.1, 0.15) is 6.10 Å². The van der Waals surface area contributed by atoms with Gasteiger partial charge in [0.2, 0.25) is 4.75 Å². The Morgan fingerprint density at radius 3 is 2.30 bits per heavy atom. The summed E-state index contributed by atoms with van der Waals surface area (Å²) < 4.78 is 13.5. The molecule has 0 N–H and O–H groups in total. The van der Waals surface area contributed by atoms with Crippen molar-refractivity contribution in [2.75, 3.05) is 26.6 Å². The quantitative estimate of drug-likeness (QED) is 0.351. The first-order chi connectivity index (χ1) is 11.0. The summed E-state index contributed by atoms with van der Waals surface area (Å²) in [7, 11) is 2.35. The Hall–Kier alpha value is -2.13. The van der Waals surface area contributed by atoms with Crippen molar-refractivity contribution >= 4 is 29.4 Å². The summed E-state index contributed by atoms with van der Waals surface area (Å²) in [6, 6.07) is 5.49. The number of methoxy groups -OCH3 is 2. The molecule has 1 fully saturated rings. The normalized spacial score (nSPS) is 19.7. The molecule has 0 aromatic heterocycles. The van der Waals surface area contributed by atoms with E-state index in [0.717, 1.165) is 11.8 Å². The fourth-order valence-corrected chi connectivity index (χ4v) is 3.64. The van der Waals surface area contributed by atoms with Crippen LogP contribution in [0.1, 0.15) is 11.7 Å². The second-order valence-corrected chi connectivity index (χ2v) is 6.01. The van der Waals surface area contributed by atoms with Gasteiger partial charge in [-0.05, 0) is 17.7 Å². The van der Waals surface area contributed by atoms with E-state index >= 15 is 0 Å². The highest BCUT2D eigenvalue weighted by molar-refractivity contribution is 8.02. The molecule has 0 radical (unpaired) electrons. The van der Waals surface area contributed by atoms with Gasteiger partial charge in [-0.1, -0.05) is 0 Å². The van der Waals surface area contributed by atoms with Gasteiger partial charge in [-0.2, -0.15) is 0 Å². The van der Waals surface area contributed by atoms with Gasteiger partial charge < -0.3 is 14.2 Å². The predicted octanol–water partition coefficient (Wildman–Crippen LogP) is 1.48. The largest absolute Gasteiger partial charge is 0.467 e. The third-order valence-electron chi connectivity index (χ3n) is 3.45. The zero-order valence-electron chi connectivity index (χ0n) is 12.5. The van der Waals surface area contributed by atoms with Crippen molar-refractivity contribution in [3.8, 4) is 0 Å². The van der Waals surface area contributed by atoms with Crippen LogP contribution in [0.5, 0.6) is 0 Å². The summed E-state index contributed by atoms with van der Waals surface area (Å²) >= 11 is 1.08. The summed E-state index contributed by atoms with van der Waals surface area (Å²) in [6.45, 7) is 0.321. The first-order valence-corrected chi connectivity index (χ1v) is 7.62. The average Bonchev–Trinajstić information content (AvgIpc) is 2.60. The molecular weight excluding hydrogens is 326 g/mol. The van der Waals surface area contributed by atoms with Gasteiger partial charge in [-0.15, -0.1) is 11.8 Å². The van der Waals surface area contributed by atoms with Gasteiger partial charge in [0.05, 0.1) is 25.7 Å². The number of nitro groups is 1. The lowest BCUT2D eigenvalue weighted by molar-refractivity contribution is -0.384. The van der Waals surface area contributed by atoms with Crippen LogP contribution in [0.25, 0.3) is 0 Å². The van der Waals surface area contributed by atoms with E-state index in [1.807, 2.05) is 0 Å². The van der Waals surface area contributed by atoms with Crippen molar-refractivity contribution < 1.29 is 28.7 Å². The van der Waals surface area contributed by atoms with E-state index < -0.39 is 27.7 Å². The fourth-order valence-electron chi connectivity index (χ4n) is 2.38. The lowest BCUT2D eigenvalue weighted by atomic mass is 9.94. The number of hydrogen-bond acceptors (Lipinski definition) is 8. The number of carbonyl (C=O) groups excluding carboxylic acids is 2. The van der Waals surface area contributed by atoms with Crippen LogP contribution in [-0.2, 0) is 23.8 Å². The molecule has 1 heterocycles. The van der Waals surface area contributed by atoms with Gasteiger partial charge in [0, 0.05) is 17.9 Å². The van der Waals surface area contributed by atoms with E-state index in [1.165, 1.54) is 38.5 Å². The molecule has 0 saturated carbocycles. The monoisotopic (exact) mass is 341 g/mol. The summed E-state index contributed by atoms with van der Waals surface area (Å²) in [5, 5.41) is 10.7. The SMILES string of the molecule is COC(=O)C1(C(=O)OC)SCCOC1c1ccc([N+](=O)[O-])cc1. The molecule has 0 bridgehead atoms. The first kappa shape index (κ1) is 17.2. The molecule has 124 valence electrons. The van der Waals surface area contributed by atoms with Gasteiger partial charge in [-0.3, -0.25) is 10.1 Å². The van der Waals surface area contributed by atoms with Gasteiger partial charge >= 0.3 is 11.9 Å². The third kappa shape index (κ3) is 3.02. The summed E-state index contributed by atoms with van der Waals surface area (Å²) in [4.78, 5) is 34.8. The number of non-ortho nitro benzene ring substituents is 1. The van der Waals surface area contributed by atoms with Crippen molar-refractivity contribution in [3.63, 3.8) is 0 Å². The van der Waals surface area contributed by atoms with Gasteiger partial charge in [0.25, 0.3) is 5.69 Å². The minimum atomic E-state index is -1.70. The van der Waals surface area contributed by atoms with E-state index in [1.54, 1.807) is 0 Å². The van der Waals surface area contributed by atoms with Crippen LogP contribution >= 0.6 is 11.8 Å². The van der Waals surface area contributed by atoms with Crippen molar-refractivity contribution in [1.29, 1.82) is 0 Å². The van der Waals surface area contributed by atoms with E-state index in [9.17, 15) is 19.7 Å². The zero-order valence-corrected chi connectivity index (χ0v) is 13.3. The van der Waals surface area contributed by atoms with E-state index in [-0.39, 0.29) is 5.69 Å². The summed E-state index contributed by atoms with van der Waals surface area (Å²) in [5.41, 5.74) is 0.359. The Morgan fingerprint density at radius 2 is 1.83 bits per heavy atom.